The van der Waals surface area contributed by atoms with Crippen molar-refractivity contribution in [2.75, 3.05) is 20.3 Å². The largest absolute Gasteiger partial charge is 0.396 e. The van der Waals surface area contributed by atoms with Crippen LogP contribution in [0.15, 0.2) is 24.3 Å². The molecule has 0 aromatic heterocycles. The van der Waals surface area contributed by atoms with E-state index in [0.29, 0.717) is 18.1 Å². The molecule has 1 unspecified atom stereocenters. The highest BCUT2D eigenvalue weighted by Gasteiger charge is 2.09. The van der Waals surface area contributed by atoms with Crippen molar-refractivity contribution in [3.05, 3.63) is 40.4 Å². The first-order valence-corrected chi connectivity index (χ1v) is 6.79. The Bertz CT molecular complexity index is 468. The van der Waals surface area contributed by atoms with Gasteiger partial charge in [-0.25, -0.2) is 0 Å². The number of benzene rings is 1. The van der Waals surface area contributed by atoms with Gasteiger partial charge in [0.05, 0.1) is 12.6 Å². The standard InChI is InChI=1S/C15H20ClNO3/c1-11-3-4-12(9-14(11)16)5-6-15(19)17-13(7-8-18)10-20-2/h3-6,9,13,18H,7-8,10H2,1-2H3,(H,17,19)/b6-5+. The number of halogens is 1. The molecule has 5 heteroatoms. The van der Waals surface area contributed by atoms with Crippen LogP contribution in [0.3, 0.4) is 0 Å². The second kappa shape index (κ2) is 8.74. The van der Waals surface area contributed by atoms with Gasteiger partial charge < -0.3 is 15.2 Å². The van der Waals surface area contributed by atoms with Crippen molar-refractivity contribution in [2.45, 2.75) is 19.4 Å². The third-order valence-electron chi connectivity index (χ3n) is 2.81. The SMILES string of the molecule is COCC(CCO)NC(=O)/C=C/c1ccc(C)c(Cl)c1. The molecular weight excluding hydrogens is 278 g/mol. The summed E-state index contributed by atoms with van der Waals surface area (Å²) in [6.45, 7) is 2.30. The molecule has 0 saturated heterocycles. The molecule has 1 amide bonds. The van der Waals surface area contributed by atoms with Gasteiger partial charge in [0, 0.05) is 24.8 Å². The maximum absolute atomic E-state index is 11.8. The van der Waals surface area contributed by atoms with Crippen LogP contribution in [-0.2, 0) is 9.53 Å². The van der Waals surface area contributed by atoms with Crippen molar-refractivity contribution >= 4 is 23.6 Å². The molecule has 1 aromatic rings. The van der Waals surface area contributed by atoms with E-state index in [1.165, 1.54) is 6.08 Å². The van der Waals surface area contributed by atoms with Gasteiger partial charge in [0.15, 0.2) is 0 Å². The lowest BCUT2D eigenvalue weighted by Gasteiger charge is -2.15. The normalized spacial score (nSPS) is 12.6. The molecule has 1 atom stereocenters. The number of rotatable bonds is 7. The third-order valence-corrected chi connectivity index (χ3v) is 3.22. The Hall–Kier alpha value is -1.36. The van der Waals surface area contributed by atoms with Crippen molar-refractivity contribution in [2.24, 2.45) is 0 Å². The quantitative estimate of drug-likeness (QED) is 0.758. The Morgan fingerprint density at radius 2 is 2.30 bits per heavy atom. The second-order valence-corrected chi connectivity index (χ2v) is 4.92. The van der Waals surface area contributed by atoms with E-state index >= 15 is 0 Å². The average molecular weight is 298 g/mol. The van der Waals surface area contributed by atoms with E-state index < -0.39 is 0 Å². The van der Waals surface area contributed by atoms with E-state index in [1.807, 2.05) is 19.1 Å². The summed E-state index contributed by atoms with van der Waals surface area (Å²) in [5.41, 5.74) is 1.86. The van der Waals surface area contributed by atoms with Gasteiger partial charge in [0.25, 0.3) is 0 Å². The summed E-state index contributed by atoms with van der Waals surface area (Å²) in [5, 5.41) is 12.3. The molecule has 110 valence electrons. The molecule has 1 rings (SSSR count). The maximum Gasteiger partial charge on any atom is 0.244 e. The molecule has 0 aliphatic carbocycles. The van der Waals surface area contributed by atoms with Crippen molar-refractivity contribution in [3.8, 4) is 0 Å². The van der Waals surface area contributed by atoms with E-state index in [4.69, 9.17) is 21.4 Å². The van der Waals surface area contributed by atoms with Gasteiger partial charge >= 0.3 is 0 Å². The van der Waals surface area contributed by atoms with E-state index in [9.17, 15) is 4.79 Å². The number of nitrogens with one attached hydrogen (secondary N) is 1. The van der Waals surface area contributed by atoms with Crippen LogP contribution in [0.4, 0.5) is 0 Å². The van der Waals surface area contributed by atoms with E-state index in [0.717, 1.165) is 11.1 Å². The first-order valence-electron chi connectivity index (χ1n) is 6.41. The van der Waals surface area contributed by atoms with Crippen molar-refractivity contribution in [1.82, 2.24) is 5.32 Å². The minimum atomic E-state index is -0.225. The van der Waals surface area contributed by atoms with Gasteiger partial charge in [-0.3, -0.25) is 4.79 Å². The monoisotopic (exact) mass is 297 g/mol. The molecule has 0 bridgehead atoms. The smallest absolute Gasteiger partial charge is 0.244 e. The minimum Gasteiger partial charge on any atom is -0.396 e. The maximum atomic E-state index is 11.8. The summed E-state index contributed by atoms with van der Waals surface area (Å²) in [7, 11) is 1.56. The van der Waals surface area contributed by atoms with Gasteiger partial charge in [0.2, 0.25) is 5.91 Å². The first-order chi connectivity index (χ1) is 9.56. The lowest BCUT2D eigenvalue weighted by atomic mass is 10.1. The van der Waals surface area contributed by atoms with Crippen LogP contribution in [0, 0.1) is 6.92 Å². The van der Waals surface area contributed by atoms with Crippen molar-refractivity contribution < 1.29 is 14.6 Å². The number of aryl methyl sites for hydroxylation is 1. The average Bonchev–Trinajstić information content (AvgIpc) is 2.41. The Labute approximate surface area is 124 Å². The first kappa shape index (κ1) is 16.7. The van der Waals surface area contributed by atoms with Crippen molar-refractivity contribution in [3.63, 3.8) is 0 Å². The fraction of sp³-hybridized carbons (Fsp3) is 0.400. The second-order valence-electron chi connectivity index (χ2n) is 4.52. The molecule has 0 fully saturated rings. The highest BCUT2D eigenvalue weighted by atomic mass is 35.5. The number of hydrogen-bond donors (Lipinski definition) is 2. The fourth-order valence-electron chi connectivity index (χ4n) is 1.69. The van der Waals surface area contributed by atoms with Crippen molar-refractivity contribution in [1.29, 1.82) is 0 Å². The summed E-state index contributed by atoms with van der Waals surface area (Å²) in [5.74, 6) is -0.225. The summed E-state index contributed by atoms with van der Waals surface area (Å²) in [6.07, 6.45) is 3.61. The Balaban J connectivity index is 2.59. The van der Waals surface area contributed by atoms with Crippen LogP contribution in [0.1, 0.15) is 17.5 Å². The predicted octanol–water partition coefficient (Wildman–Crippen LogP) is 2.18. The van der Waals surface area contributed by atoms with Crippen LogP contribution in [-0.4, -0.2) is 37.4 Å². The Morgan fingerprint density at radius 1 is 1.55 bits per heavy atom. The Kier molecular flexibility index (Phi) is 7.30. The van der Waals surface area contributed by atoms with Gasteiger partial charge in [-0.1, -0.05) is 23.7 Å². The van der Waals surface area contributed by atoms with Gasteiger partial charge in [-0.05, 0) is 36.6 Å². The summed E-state index contributed by atoms with van der Waals surface area (Å²) in [4.78, 5) is 11.8. The number of hydrogen-bond acceptors (Lipinski definition) is 3. The number of methoxy groups -OCH3 is 1. The number of aliphatic hydroxyl groups is 1. The number of ether oxygens (including phenoxy) is 1. The molecule has 0 heterocycles. The number of carbonyl (C=O) groups is 1. The highest BCUT2D eigenvalue weighted by molar-refractivity contribution is 6.31. The van der Waals surface area contributed by atoms with Crippen LogP contribution >= 0.6 is 11.6 Å². The van der Waals surface area contributed by atoms with Gasteiger partial charge in [0.1, 0.15) is 0 Å². The molecule has 1 aromatic carbocycles. The third kappa shape index (κ3) is 5.74. The summed E-state index contributed by atoms with van der Waals surface area (Å²) in [6, 6.07) is 5.41. The number of aliphatic hydroxyl groups excluding tert-OH is 1. The zero-order valence-corrected chi connectivity index (χ0v) is 12.5. The molecule has 2 N–H and O–H groups in total. The van der Waals surface area contributed by atoms with E-state index in [1.54, 1.807) is 19.3 Å². The van der Waals surface area contributed by atoms with Gasteiger partial charge in [-0.2, -0.15) is 0 Å². The predicted molar refractivity (Wildman–Crippen MR) is 80.7 cm³/mol. The fourth-order valence-corrected chi connectivity index (χ4v) is 1.88. The number of amides is 1. The Morgan fingerprint density at radius 3 is 2.90 bits per heavy atom. The summed E-state index contributed by atoms with van der Waals surface area (Å²) < 4.78 is 4.98. The zero-order valence-electron chi connectivity index (χ0n) is 11.7. The molecule has 0 saturated carbocycles. The van der Waals surface area contributed by atoms with Gasteiger partial charge in [-0.15, -0.1) is 0 Å². The minimum absolute atomic E-state index is 0.00555. The topological polar surface area (TPSA) is 58.6 Å². The van der Waals surface area contributed by atoms with E-state index in [2.05, 4.69) is 5.32 Å². The molecule has 20 heavy (non-hydrogen) atoms. The van der Waals surface area contributed by atoms with Crippen LogP contribution in [0.25, 0.3) is 6.08 Å². The summed E-state index contributed by atoms with van der Waals surface area (Å²) >= 11 is 6.02. The molecule has 4 nitrogen and oxygen atoms in total. The molecule has 0 spiro atoms. The molecule has 0 radical (unpaired) electrons. The van der Waals surface area contributed by atoms with E-state index in [-0.39, 0.29) is 18.6 Å². The van der Waals surface area contributed by atoms with Crippen LogP contribution in [0.5, 0.6) is 0 Å². The lowest BCUT2D eigenvalue weighted by Crippen LogP contribution is -2.37. The van der Waals surface area contributed by atoms with Crippen LogP contribution < -0.4 is 5.32 Å². The zero-order chi connectivity index (χ0) is 15.0. The lowest BCUT2D eigenvalue weighted by molar-refractivity contribution is -0.117. The molecule has 0 aliphatic rings. The highest BCUT2D eigenvalue weighted by Crippen LogP contribution is 2.17. The number of carbonyl (C=O) groups excluding carboxylic acids is 1. The molecular formula is C15H20ClNO3. The molecule has 0 aliphatic heterocycles. The van der Waals surface area contributed by atoms with Crippen LogP contribution in [0.2, 0.25) is 5.02 Å².